The molecule has 1 aromatic rings. The minimum absolute atomic E-state index is 0.275. The van der Waals surface area contributed by atoms with Crippen LogP contribution < -0.4 is 4.74 Å². The Balaban J connectivity index is 2.32. The maximum absolute atomic E-state index is 12.5. The van der Waals surface area contributed by atoms with Crippen molar-refractivity contribution >= 4 is 0 Å². The van der Waals surface area contributed by atoms with Gasteiger partial charge in [-0.15, -0.1) is 6.58 Å². The molecule has 0 fully saturated rings. The predicted molar refractivity (Wildman–Crippen MR) is 46.9 cm³/mol. The standard InChI is InChI=1S/C9H11FN2O/c1-2-3-4-5-13-9-6-8(10)11-7-12-9/h2,6-7H,1,3-5H2. The molecule has 4 heteroatoms. The molecule has 0 aliphatic heterocycles. The molecule has 0 aliphatic carbocycles. The van der Waals surface area contributed by atoms with Crippen LogP contribution >= 0.6 is 0 Å². The second-order valence-corrected chi connectivity index (χ2v) is 2.46. The number of ether oxygens (including phenoxy) is 1. The molecule has 0 unspecified atom stereocenters. The van der Waals surface area contributed by atoms with Gasteiger partial charge in [-0.1, -0.05) is 6.08 Å². The zero-order valence-corrected chi connectivity index (χ0v) is 7.24. The van der Waals surface area contributed by atoms with Crippen LogP contribution in [0.1, 0.15) is 12.8 Å². The van der Waals surface area contributed by atoms with Gasteiger partial charge in [0.25, 0.3) is 0 Å². The van der Waals surface area contributed by atoms with Crippen molar-refractivity contribution in [1.82, 2.24) is 9.97 Å². The fraction of sp³-hybridized carbons (Fsp3) is 0.333. The summed E-state index contributed by atoms with van der Waals surface area (Å²) < 4.78 is 17.6. The molecule has 0 radical (unpaired) electrons. The van der Waals surface area contributed by atoms with E-state index in [2.05, 4.69) is 16.5 Å². The van der Waals surface area contributed by atoms with E-state index in [4.69, 9.17) is 4.74 Å². The van der Waals surface area contributed by atoms with E-state index in [0.29, 0.717) is 6.61 Å². The summed E-state index contributed by atoms with van der Waals surface area (Å²) in [6.45, 7) is 4.09. The van der Waals surface area contributed by atoms with Gasteiger partial charge in [0.15, 0.2) is 0 Å². The summed E-state index contributed by atoms with van der Waals surface area (Å²) in [5, 5.41) is 0. The largest absolute Gasteiger partial charge is 0.478 e. The highest BCUT2D eigenvalue weighted by molar-refractivity contribution is 5.05. The number of allylic oxidation sites excluding steroid dienone is 1. The number of nitrogens with zero attached hydrogens (tertiary/aromatic N) is 2. The van der Waals surface area contributed by atoms with Crippen LogP contribution in [0.15, 0.2) is 25.0 Å². The molecule has 0 amide bonds. The summed E-state index contributed by atoms with van der Waals surface area (Å²) in [6, 6.07) is 1.16. The zero-order valence-electron chi connectivity index (χ0n) is 7.24. The highest BCUT2D eigenvalue weighted by atomic mass is 19.1. The molecule has 70 valence electrons. The van der Waals surface area contributed by atoms with Gasteiger partial charge in [-0.05, 0) is 12.8 Å². The molecule has 3 nitrogen and oxygen atoms in total. The Bertz CT molecular complexity index is 278. The number of hydrogen-bond acceptors (Lipinski definition) is 3. The molecule has 0 aliphatic rings. The summed E-state index contributed by atoms with van der Waals surface area (Å²) in [6.07, 6.45) is 4.69. The number of unbranched alkanes of at least 4 members (excludes halogenated alkanes) is 1. The van der Waals surface area contributed by atoms with E-state index in [-0.39, 0.29) is 5.88 Å². The maximum Gasteiger partial charge on any atom is 0.219 e. The number of rotatable bonds is 5. The van der Waals surface area contributed by atoms with Crippen LogP contribution in [-0.4, -0.2) is 16.6 Å². The van der Waals surface area contributed by atoms with Crippen molar-refractivity contribution in [2.45, 2.75) is 12.8 Å². The van der Waals surface area contributed by atoms with Crippen molar-refractivity contribution in [1.29, 1.82) is 0 Å². The topological polar surface area (TPSA) is 35.0 Å². The third kappa shape index (κ3) is 3.64. The second-order valence-electron chi connectivity index (χ2n) is 2.46. The first-order valence-electron chi connectivity index (χ1n) is 4.04. The SMILES string of the molecule is C=CCCCOc1cc(F)ncn1. The number of hydrogen-bond donors (Lipinski definition) is 0. The lowest BCUT2D eigenvalue weighted by Crippen LogP contribution is -1.99. The minimum atomic E-state index is -0.575. The van der Waals surface area contributed by atoms with Crippen molar-refractivity contribution in [3.05, 3.63) is 31.0 Å². The van der Waals surface area contributed by atoms with E-state index in [1.54, 1.807) is 0 Å². The average molecular weight is 182 g/mol. The van der Waals surface area contributed by atoms with Crippen molar-refractivity contribution in [2.75, 3.05) is 6.61 Å². The first kappa shape index (κ1) is 9.64. The quantitative estimate of drug-likeness (QED) is 0.396. The molecule has 1 heterocycles. The molecule has 0 atom stereocenters. The van der Waals surface area contributed by atoms with Gasteiger partial charge in [-0.2, -0.15) is 4.39 Å². The van der Waals surface area contributed by atoms with Gasteiger partial charge >= 0.3 is 0 Å². The van der Waals surface area contributed by atoms with Crippen LogP contribution in [0.25, 0.3) is 0 Å². The van der Waals surface area contributed by atoms with Gasteiger partial charge in [0.1, 0.15) is 6.33 Å². The molecule has 1 rings (SSSR count). The highest BCUT2D eigenvalue weighted by Crippen LogP contribution is 2.05. The normalized spacial score (nSPS) is 9.62. The summed E-state index contributed by atoms with van der Waals surface area (Å²) in [7, 11) is 0. The van der Waals surface area contributed by atoms with E-state index in [0.717, 1.165) is 25.2 Å². The van der Waals surface area contributed by atoms with E-state index < -0.39 is 5.95 Å². The molecule has 0 aromatic carbocycles. The fourth-order valence-electron chi connectivity index (χ4n) is 0.801. The van der Waals surface area contributed by atoms with Crippen LogP contribution in [0.4, 0.5) is 4.39 Å². The molecular weight excluding hydrogens is 171 g/mol. The predicted octanol–water partition coefficient (Wildman–Crippen LogP) is 1.96. The van der Waals surface area contributed by atoms with Crippen LogP contribution in [0, 0.1) is 5.95 Å². The molecule has 13 heavy (non-hydrogen) atoms. The molecule has 0 saturated heterocycles. The second kappa shape index (κ2) is 5.24. The highest BCUT2D eigenvalue weighted by Gasteiger charge is 1.97. The summed E-state index contributed by atoms with van der Waals surface area (Å²) in [5.74, 6) is -0.301. The van der Waals surface area contributed by atoms with Crippen LogP contribution in [-0.2, 0) is 0 Å². The Labute approximate surface area is 76.3 Å². The third-order valence-corrected chi connectivity index (χ3v) is 1.41. The average Bonchev–Trinajstić information content (AvgIpc) is 2.13. The molecular formula is C9H11FN2O. The fourth-order valence-corrected chi connectivity index (χ4v) is 0.801. The van der Waals surface area contributed by atoms with Gasteiger partial charge in [-0.25, -0.2) is 9.97 Å². The monoisotopic (exact) mass is 182 g/mol. The van der Waals surface area contributed by atoms with E-state index in [1.165, 1.54) is 0 Å². The van der Waals surface area contributed by atoms with E-state index in [1.807, 2.05) is 6.08 Å². The van der Waals surface area contributed by atoms with Gasteiger partial charge in [0.2, 0.25) is 11.8 Å². The number of halogens is 1. The first-order chi connectivity index (χ1) is 6.33. The lowest BCUT2D eigenvalue weighted by molar-refractivity contribution is 0.297. The third-order valence-electron chi connectivity index (χ3n) is 1.41. The van der Waals surface area contributed by atoms with Gasteiger partial charge < -0.3 is 4.74 Å². The lowest BCUT2D eigenvalue weighted by Gasteiger charge is -2.02. The van der Waals surface area contributed by atoms with Crippen molar-refractivity contribution in [3.63, 3.8) is 0 Å². The maximum atomic E-state index is 12.5. The summed E-state index contributed by atoms with van der Waals surface area (Å²) in [5.41, 5.74) is 0. The molecule has 0 saturated carbocycles. The van der Waals surface area contributed by atoms with E-state index >= 15 is 0 Å². The zero-order chi connectivity index (χ0) is 9.52. The van der Waals surface area contributed by atoms with Crippen LogP contribution in [0.3, 0.4) is 0 Å². The molecule has 1 aromatic heterocycles. The first-order valence-corrected chi connectivity index (χ1v) is 4.04. The van der Waals surface area contributed by atoms with Crippen molar-refractivity contribution in [3.8, 4) is 5.88 Å². The number of aromatic nitrogens is 2. The van der Waals surface area contributed by atoms with Crippen molar-refractivity contribution < 1.29 is 9.13 Å². The Morgan fingerprint density at radius 2 is 2.38 bits per heavy atom. The Kier molecular flexibility index (Phi) is 3.88. The minimum Gasteiger partial charge on any atom is -0.478 e. The van der Waals surface area contributed by atoms with Crippen molar-refractivity contribution in [2.24, 2.45) is 0 Å². The summed E-state index contributed by atoms with van der Waals surface area (Å²) in [4.78, 5) is 7.05. The Morgan fingerprint density at radius 3 is 3.08 bits per heavy atom. The van der Waals surface area contributed by atoms with Gasteiger partial charge in [-0.3, -0.25) is 0 Å². The van der Waals surface area contributed by atoms with Crippen LogP contribution in [0.5, 0.6) is 5.88 Å². The Morgan fingerprint density at radius 1 is 1.54 bits per heavy atom. The van der Waals surface area contributed by atoms with Gasteiger partial charge in [0, 0.05) is 0 Å². The lowest BCUT2D eigenvalue weighted by atomic mass is 10.3. The van der Waals surface area contributed by atoms with E-state index in [9.17, 15) is 4.39 Å². The molecule has 0 bridgehead atoms. The summed E-state index contributed by atoms with van der Waals surface area (Å²) >= 11 is 0. The smallest absolute Gasteiger partial charge is 0.219 e. The Hall–Kier alpha value is -1.45. The molecule has 0 spiro atoms. The van der Waals surface area contributed by atoms with Crippen LogP contribution in [0.2, 0.25) is 0 Å². The van der Waals surface area contributed by atoms with Gasteiger partial charge in [0.05, 0.1) is 12.7 Å². The molecule has 0 N–H and O–H groups in total.